The number of nitrogens with zero attached hydrogens (tertiary/aromatic N) is 3. The van der Waals surface area contributed by atoms with E-state index >= 15 is 0 Å². The van der Waals surface area contributed by atoms with Crippen molar-refractivity contribution in [2.75, 3.05) is 18.0 Å². The zero-order valence-corrected chi connectivity index (χ0v) is 13.7. The first-order chi connectivity index (χ1) is 11.1. The third-order valence-corrected chi connectivity index (χ3v) is 4.97. The highest BCUT2D eigenvalue weighted by atomic mass is 16.2. The molecule has 0 fully saturated rings. The van der Waals surface area contributed by atoms with E-state index in [1.807, 2.05) is 4.90 Å². The maximum absolute atomic E-state index is 11.7. The Balaban J connectivity index is 1.75. The predicted molar refractivity (Wildman–Crippen MR) is 89.9 cm³/mol. The van der Waals surface area contributed by atoms with Crippen LogP contribution >= 0.6 is 0 Å². The molecule has 2 aromatic rings. The number of hydrogen-bond acceptors (Lipinski definition) is 3. The molecule has 1 aromatic heterocycles. The first-order valence-corrected chi connectivity index (χ1v) is 8.32. The number of aromatic amines is 1. The van der Waals surface area contributed by atoms with E-state index in [1.54, 1.807) is 6.92 Å². The Morgan fingerprint density at radius 2 is 2.13 bits per heavy atom. The van der Waals surface area contributed by atoms with Gasteiger partial charge in [0.1, 0.15) is 0 Å². The van der Waals surface area contributed by atoms with Crippen molar-refractivity contribution in [3.05, 3.63) is 40.6 Å². The number of anilines is 2. The van der Waals surface area contributed by atoms with Gasteiger partial charge in [0.2, 0.25) is 5.91 Å². The molecule has 2 aliphatic rings. The summed E-state index contributed by atoms with van der Waals surface area (Å²) in [5.74, 6) is 1.13. The third kappa shape index (κ3) is 2.40. The highest BCUT2D eigenvalue weighted by Gasteiger charge is 2.28. The topological polar surface area (TPSA) is 52.2 Å². The average Bonchev–Trinajstić information content (AvgIpc) is 2.97. The normalized spacial score (nSPS) is 17.0. The van der Waals surface area contributed by atoms with Crippen LogP contribution in [0.4, 0.5) is 11.5 Å². The van der Waals surface area contributed by atoms with Crippen molar-refractivity contribution in [2.24, 2.45) is 0 Å². The molecule has 120 valence electrons. The summed E-state index contributed by atoms with van der Waals surface area (Å²) in [7, 11) is 0. The molecule has 2 aliphatic heterocycles. The monoisotopic (exact) mass is 310 g/mol. The van der Waals surface area contributed by atoms with Crippen LogP contribution in [0.1, 0.15) is 35.7 Å². The lowest BCUT2D eigenvalue weighted by Crippen LogP contribution is -2.35. The molecule has 1 amide bonds. The van der Waals surface area contributed by atoms with Gasteiger partial charge >= 0.3 is 0 Å². The fourth-order valence-corrected chi connectivity index (χ4v) is 3.68. The molecule has 0 bridgehead atoms. The fraction of sp³-hybridized carbons (Fsp3) is 0.444. The quantitative estimate of drug-likeness (QED) is 0.881. The van der Waals surface area contributed by atoms with Crippen molar-refractivity contribution in [2.45, 2.75) is 39.7 Å². The van der Waals surface area contributed by atoms with Gasteiger partial charge in [0.25, 0.3) is 0 Å². The van der Waals surface area contributed by atoms with Crippen molar-refractivity contribution in [1.82, 2.24) is 15.1 Å². The molecular weight excluding hydrogens is 288 g/mol. The molecule has 23 heavy (non-hydrogen) atoms. The predicted octanol–water partition coefficient (Wildman–Crippen LogP) is 2.71. The summed E-state index contributed by atoms with van der Waals surface area (Å²) in [6, 6.07) is 6.67. The standard InChI is InChI=1S/C18H22N4O/c1-12-5-6-14-4-3-8-22(17(14)10-12)18-15-11-21(13(2)23)9-7-16(15)19-20-18/h5-6,10H,3-4,7-9,11H2,1-2H3,(H,19,20). The van der Waals surface area contributed by atoms with Crippen LogP contribution in [0.2, 0.25) is 0 Å². The van der Waals surface area contributed by atoms with E-state index in [-0.39, 0.29) is 5.91 Å². The lowest BCUT2D eigenvalue weighted by atomic mass is 9.99. The number of carbonyl (C=O) groups excluding carboxylic acids is 1. The van der Waals surface area contributed by atoms with Gasteiger partial charge in [-0.15, -0.1) is 0 Å². The fourth-order valence-electron chi connectivity index (χ4n) is 3.68. The Bertz CT molecular complexity index is 764. The Labute approximate surface area is 136 Å². The van der Waals surface area contributed by atoms with Gasteiger partial charge in [0.15, 0.2) is 5.82 Å². The molecule has 0 saturated carbocycles. The van der Waals surface area contributed by atoms with E-state index < -0.39 is 0 Å². The lowest BCUT2D eigenvalue weighted by molar-refractivity contribution is -0.129. The van der Waals surface area contributed by atoms with Gasteiger partial charge in [-0.05, 0) is 37.0 Å². The van der Waals surface area contributed by atoms with E-state index in [1.165, 1.54) is 28.1 Å². The number of carbonyl (C=O) groups is 1. The number of fused-ring (bicyclic) bond motifs is 2. The number of nitrogens with one attached hydrogen (secondary N) is 1. The van der Waals surface area contributed by atoms with Crippen LogP contribution in [0.3, 0.4) is 0 Å². The summed E-state index contributed by atoms with van der Waals surface area (Å²) in [5, 5.41) is 7.81. The average molecular weight is 310 g/mol. The highest BCUT2D eigenvalue weighted by Crippen LogP contribution is 2.37. The Hall–Kier alpha value is -2.30. The minimum absolute atomic E-state index is 0.137. The molecule has 1 N–H and O–H groups in total. The molecule has 5 heteroatoms. The van der Waals surface area contributed by atoms with E-state index in [9.17, 15) is 4.79 Å². The van der Waals surface area contributed by atoms with Gasteiger partial charge in [-0.2, -0.15) is 5.10 Å². The Morgan fingerprint density at radius 1 is 1.26 bits per heavy atom. The van der Waals surface area contributed by atoms with Gasteiger partial charge < -0.3 is 9.80 Å². The van der Waals surface area contributed by atoms with Crippen LogP contribution in [0.15, 0.2) is 18.2 Å². The maximum Gasteiger partial charge on any atom is 0.219 e. The molecule has 4 rings (SSSR count). The van der Waals surface area contributed by atoms with Crippen LogP contribution in [0.25, 0.3) is 0 Å². The molecule has 0 saturated heterocycles. The summed E-state index contributed by atoms with van der Waals surface area (Å²) < 4.78 is 0. The number of rotatable bonds is 1. The van der Waals surface area contributed by atoms with Crippen LogP contribution in [0.5, 0.6) is 0 Å². The largest absolute Gasteiger partial charge is 0.338 e. The Morgan fingerprint density at radius 3 is 2.96 bits per heavy atom. The van der Waals surface area contributed by atoms with Crippen LogP contribution in [-0.2, 0) is 24.2 Å². The lowest BCUT2D eigenvalue weighted by Gasteiger charge is -2.32. The summed E-state index contributed by atoms with van der Waals surface area (Å²) in [4.78, 5) is 16.0. The number of hydrogen-bond donors (Lipinski definition) is 1. The molecule has 3 heterocycles. The van der Waals surface area contributed by atoms with Crippen LogP contribution in [0, 0.1) is 6.92 Å². The van der Waals surface area contributed by atoms with Gasteiger partial charge in [0.05, 0.1) is 6.54 Å². The number of benzene rings is 1. The van der Waals surface area contributed by atoms with Gasteiger partial charge in [0, 0.05) is 43.4 Å². The van der Waals surface area contributed by atoms with Crippen molar-refractivity contribution >= 4 is 17.4 Å². The minimum atomic E-state index is 0.137. The smallest absolute Gasteiger partial charge is 0.219 e. The first-order valence-electron chi connectivity index (χ1n) is 8.32. The summed E-state index contributed by atoms with van der Waals surface area (Å²) >= 11 is 0. The molecule has 1 aromatic carbocycles. The second kappa shape index (κ2) is 5.41. The van der Waals surface area contributed by atoms with Crippen molar-refractivity contribution in [3.8, 4) is 0 Å². The van der Waals surface area contributed by atoms with Gasteiger partial charge in [-0.25, -0.2) is 0 Å². The van der Waals surface area contributed by atoms with Gasteiger partial charge in [-0.1, -0.05) is 12.1 Å². The molecule has 0 aliphatic carbocycles. The second-order valence-corrected chi connectivity index (χ2v) is 6.58. The van der Waals surface area contributed by atoms with E-state index in [0.29, 0.717) is 6.54 Å². The molecule has 0 radical (unpaired) electrons. The van der Waals surface area contributed by atoms with Crippen molar-refractivity contribution in [1.29, 1.82) is 0 Å². The maximum atomic E-state index is 11.7. The summed E-state index contributed by atoms with van der Waals surface area (Å²) in [6.07, 6.45) is 3.11. The summed E-state index contributed by atoms with van der Waals surface area (Å²) in [6.45, 7) is 6.19. The zero-order valence-electron chi connectivity index (χ0n) is 13.7. The number of aromatic nitrogens is 2. The first kappa shape index (κ1) is 14.3. The van der Waals surface area contributed by atoms with E-state index in [2.05, 4.69) is 40.2 Å². The minimum Gasteiger partial charge on any atom is -0.338 e. The summed E-state index contributed by atoms with van der Waals surface area (Å²) in [5.41, 5.74) is 6.28. The van der Waals surface area contributed by atoms with Crippen molar-refractivity contribution < 1.29 is 4.79 Å². The molecule has 5 nitrogen and oxygen atoms in total. The molecule has 0 atom stereocenters. The molecule has 0 unspecified atom stereocenters. The van der Waals surface area contributed by atoms with Crippen molar-refractivity contribution in [3.63, 3.8) is 0 Å². The van der Waals surface area contributed by atoms with Gasteiger partial charge in [-0.3, -0.25) is 9.89 Å². The molecular formula is C18H22N4O. The van der Waals surface area contributed by atoms with E-state index in [4.69, 9.17) is 0 Å². The molecule has 0 spiro atoms. The van der Waals surface area contributed by atoms with Crippen LogP contribution in [-0.4, -0.2) is 34.1 Å². The number of aryl methyl sites for hydroxylation is 2. The SMILES string of the molecule is CC(=O)N1CCc2[nH]nc(N3CCCc4ccc(C)cc43)c2C1. The third-order valence-electron chi connectivity index (χ3n) is 4.97. The van der Waals surface area contributed by atoms with Crippen LogP contribution < -0.4 is 4.90 Å². The van der Waals surface area contributed by atoms with E-state index in [0.717, 1.165) is 38.2 Å². The zero-order chi connectivity index (χ0) is 16.0. The highest BCUT2D eigenvalue weighted by molar-refractivity contribution is 5.75. The number of amides is 1. The number of H-pyrrole nitrogens is 1. The Kier molecular flexibility index (Phi) is 3.36. The second-order valence-electron chi connectivity index (χ2n) is 6.58.